The maximum atomic E-state index is 11.9. The molecule has 1 saturated heterocycles. The fraction of sp³-hybridized carbons (Fsp3) is 0.455. The summed E-state index contributed by atoms with van der Waals surface area (Å²) in [6.45, 7) is 1.60. The summed E-state index contributed by atoms with van der Waals surface area (Å²) in [5.41, 5.74) is 0. The van der Waals surface area contributed by atoms with Gasteiger partial charge >= 0.3 is 0 Å². The Balaban J connectivity index is 0.00000144. The molecule has 0 atom stereocenters. The molecular formula is C11H17ClN2O2S. The summed E-state index contributed by atoms with van der Waals surface area (Å²) in [5.74, 6) is 0. The zero-order valence-corrected chi connectivity index (χ0v) is 11.1. The fourth-order valence-electron chi connectivity index (χ4n) is 1.81. The molecule has 1 aromatic carbocycles. The lowest BCUT2D eigenvalue weighted by Crippen LogP contribution is -2.44. The van der Waals surface area contributed by atoms with E-state index in [0.717, 1.165) is 25.9 Å². The lowest BCUT2D eigenvalue weighted by Gasteiger charge is -2.26. The van der Waals surface area contributed by atoms with E-state index in [-0.39, 0.29) is 12.4 Å². The minimum Gasteiger partial charge on any atom is -0.230 e. The third-order valence-electron chi connectivity index (χ3n) is 2.66. The molecule has 0 radical (unpaired) electrons. The molecule has 1 aromatic rings. The Hall–Kier alpha value is -0.620. The van der Waals surface area contributed by atoms with Crippen LogP contribution in [0.2, 0.25) is 0 Å². The number of sulfonamides is 1. The van der Waals surface area contributed by atoms with Crippen LogP contribution in [0.25, 0.3) is 0 Å². The van der Waals surface area contributed by atoms with Crippen molar-refractivity contribution < 1.29 is 8.42 Å². The largest absolute Gasteiger partial charge is 0.253 e. The Bertz CT molecular complexity index is 430. The summed E-state index contributed by atoms with van der Waals surface area (Å²) < 4.78 is 23.9. The maximum Gasteiger partial charge on any atom is 0.253 e. The van der Waals surface area contributed by atoms with Crippen molar-refractivity contribution in [1.82, 2.24) is 9.84 Å². The summed E-state index contributed by atoms with van der Waals surface area (Å²) in [7, 11) is -3.38. The number of benzene rings is 1. The van der Waals surface area contributed by atoms with E-state index in [9.17, 15) is 8.42 Å². The van der Waals surface area contributed by atoms with Gasteiger partial charge in [-0.25, -0.2) is 13.4 Å². The van der Waals surface area contributed by atoms with Gasteiger partial charge in [-0.2, -0.15) is 0 Å². The van der Waals surface area contributed by atoms with Crippen molar-refractivity contribution in [2.24, 2.45) is 0 Å². The topological polar surface area (TPSA) is 49.4 Å². The number of hydrogen-bond donors (Lipinski definition) is 1. The molecule has 6 heteroatoms. The molecule has 1 aliphatic rings. The third kappa shape index (κ3) is 3.96. The number of hydrazine groups is 1. The van der Waals surface area contributed by atoms with Crippen LogP contribution in [0.4, 0.5) is 0 Å². The zero-order chi connectivity index (χ0) is 11.4. The smallest absolute Gasteiger partial charge is 0.230 e. The highest BCUT2D eigenvalue weighted by Crippen LogP contribution is 2.11. The van der Waals surface area contributed by atoms with Crippen molar-refractivity contribution in [2.75, 3.05) is 13.1 Å². The number of nitrogens with zero attached hydrogens (tertiary/aromatic N) is 1. The van der Waals surface area contributed by atoms with Crippen molar-refractivity contribution in [3.63, 3.8) is 0 Å². The highest BCUT2D eigenvalue weighted by Gasteiger charge is 2.19. The molecule has 1 heterocycles. The summed E-state index contributed by atoms with van der Waals surface area (Å²) in [6, 6.07) is 8.47. The maximum absolute atomic E-state index is 11.9. The van der Waals surface area contributed by atoms with E-state index >= 15 is 0 Å². The first-order chi connectivity index (χ1) is 7.68. The molecule has 0 aromatic heterocycles. The Labute approximate surface area is 108 Å². The van der Waals surface area contributed by atoms with Gasteiger partial charge in [-0.05, 0) is 25.0 Å². The monoisotopic (exact) mass is 276 g/mol. The lowest BCUT2D eigenvalue weighted by atomic mass is 10.2. The third-order valence-corrected chi connectivity index (χ3v) is 4.05. The second-order valence-corrected chi connectivity index (χ2v) is 5.62. The molecule has 17 heavy (non-hydrogen) atoms. The van der Waals surface area contributed by atoms with Gasteiger partial charge in [0.05, 0.1) is 4.90 Å². The second kappa shape index (κ2) is 6.35. The van der Waals surface area contributed by atoms with Crippen LogP contribution in [0, 0.1) is 0 Å². The molecule has 0 unspecified atom stereocenters. The average Bonchev–Trinajstić information content (AvgIpc) is 2.31. The number of hydrogen-bond acceptors (Lipinski definition) is 3. The molecule has 2 rings (SSSR count). The zero-order valence-electron chi connectivity index (χ0n) is 9.50. The van der Waals surface area contributed by atoms with Crippen LogP contribution in [0.15, 0.2) is 35.2 Å². The quantitative estimate of drug-likeness (QED) is 0.916. The van der Waals surface area contributed by atoms with Crippen LogP contribution in [0.3, 0.4) is 0 Å². The van der Waals surface area contributed by atoms with Gasteiger partial charge < -0.3 is 0 Å². The number of piperidine rings is 1. The van der Waals surface area contributed by atoms with Gasteiger partial charge in [-0.1, -0.05) is 24.6 Å². The van der Waals surface area contributed by atoms with Crippen LogP contribution >= 0.6 is 12.4 Å². The number of halogens is 1. The molecular weight excluding hydrogens is 260 g/mol. The first-order valence-corrected chi connectivity index (χ1v) is 6.99. The summed E-state index contributed by atoms with van der Waals surface area (Å²) in [5, 5.41) is 1.78. The summed E-state index contributed by atoms with van der Waals surface area (Å²) in [6.07, 6.45) is 3.29. The average molecular weight is 277 g/mol. The normalized spacial score (nSPS) is 17.4. The van der Waals surface area contributed by atoms with Gasteiger partial charge in [-0.3, -0.25) is 0 Å². The molecule has 0 amide bonds. The standard InChI is InChI=1S/C11H16N2O2S.ClH/c14-16(15,11-7-3-1-4-8-11)12-13-9-5-2-6-10-13;/h1,3-4,7-8,12H,2,5-6,9-10H2;1H. The Morgan fingerprint density at radius 3 is 2.18 bits per heavy atom. The van der Waals surface area contributed by atoms with Gasteiger partial charge in [0.25, 0.3) is 10.0 Å². The second-order valence-electron chi connectivity index (χ2n) is 3.96. The minimum atomic E-state index is -3.38. The van der Waals surface area contributed by atoms with E-state index < -0.39 is 10.0 Å². The van der Waals surface area contributed by atoms with Gasteiger partial charge in [0.15, 0.2) is 0 Å². The van der Waals surface area contributed by atoms with E-state index in [0.29, 0.717) is 4.90 Å². The first kappa shape index (κ1) is 14.4. The predicted octanol–water partition coefficient (Wildman–Crippen LogP) is 1.79. The molecule has 1 aliphatic heterocycles. The first-order valence-electron chi connectivity index (χ1n) is 5.51. The Morgan fingerprint density at radius 2 is 1.59 bits per heavy atom. The fourth-order valence-corrected chi connectivity index (χ4v) is 2.95. The molecule has 0 bridgehead atoms. The van der Waals surface area contributed by atoms with Crippen LogP contribution < -0.4 is 4.83 Å². The molecule has 1 fully saturated rings. The van der Waals surface area contributed by atoms with Crippen LogP contribution in [0.1, 0.15) is 19.3 Å². The summed E-state index contributed by atoms with van der Waals surface area (Å²) >= 11 is 0. The SMILES string of the molecule is Cl.O=S(=O)(NN1CCCCC1)c1ccccc1. The number of rotatable bonds is 3. The van der Waals surface area contributed by atoms with E-state index in [4.69, 9.17) is 0 Å². The van der Waals surface area contributed by atoms with E-state index in [2.05, 4.69) is 4.83 Å². The van der Waals surface area contributed by atoms with E-state index in [1.165, 1.54) is 6.42 Å². The van der Waals surface area contributed by atoms with Crippen molar-refractivity contribution in [3.8, 4) is 0 Å². The Kier molecular flexibility index (Phi) is 5.39. The van der Waals surface area contributed by atoms with E-state index in [1.807, 2.05) is 0 Å². The molecule has 96 valence electrons. The van der Waals surface area contributed by atoms with E-state index in [1.54, 1.807) is 35.3 Å². The van der Waals surface area contributed by atoms with Gasteiger partial charge in [-0.15, -0.1) is 17.2 Å². The molecule has 0 aliphatic carbocycles. The van der Waals surface area contributed by atoms with Crippen molar-refractivity contribution >= 4 is 22.4 Å². The summed E-state index contributed by atoms with van der Waals surface area (Å²) in [4.78, 5) is 2.94. The van der Waals surface area contributed by atoms with Crippen molar-refractivity contribution in [2.45, 2.75) is 24.2 Å². The van der Waals surface area contributed by atoms with Crippen LogP contribution in [0.5, 0.6) is 0 Å². The molecule has 4 nitrogen and oxygen atoms in total. The van der Waals surface area contributed by atoms with Crippen LogP contribution in [-0.2, 0) is 10.0 Å². The van der Waals surface area contributed by atoms with Crippen LogP contribution in [-0.4, -0.2) is 26.5 Å². The highest BCUT2D eigenvalue weighted by atomic mass is 35.5. The van der Waals surface area contributed by atoms with Crippen molar-refractivity contribution in [3.05, 3.63) is 30.3 Å². The molecule has 0 spiro atoms. The van der Waals surface area contributed by atoms with Gasteiger partial charge in [0, 0.05) is 13.1 Å². The lowest BCUT2D eigenvalue weighted by molar-refractivity contribution is 0.200. The van der Waals surface area contributed by atoms with Gasteiger partial charge in [0.2, 0.25) is 0 Å². The molecule has 1 N–H and O–H groups in total. The predicted molar refractivity (Wildman–Crippen MR) is 69.4 cm³/mol. The van der Waals surface area contributed by atoms with Gasteiger partial charge in [0.1, 0.15) is 0 Å². The Morgan fingerprint density at radius 1 is 1.00 bits per heavy atom. The molecule has 0 saturated carbocycles. The minimum absolute atomic E-state index is 0. The highest BCUT2D eigenvalue weighted by molar-refractivity contribution is 7.89. The van der Waals surface area contributed by atoms with Crippen molar-refractivity contribution in [1.29, 1.82) is 0 Å². The number of nitrogens with one attached hydrogen (secondary N) is 1.